The number of carbonyl (C=O) groups excluding carboxylic acids is 1. The van der Waals surface area contributed by atoms with Crippen molar-refractivity contribution in [1.29, 1.82) is 0 Å². The fourth-order valence-corrected chi connectivity index (χ4v) is 1.37. The fourth-order valence-electron chi connectivity index (χ4n) is 1.05. The molecule has 1 aromatic rings. The third kappa shape index (κ3) is 4.77. The number of nitrogens with one attached hydrogen (secondary N) is 1. The number of pyridine rings is 1. The minimum Gasteiger partial charge on any atom is -0.357 e. The summed E-state index contributed by atoms with van der Waals surface area (Å²) in [7, 11) is -5.11. The third-order valence-electron chi connectivity index (χ3n) is 1.59. The van der Waals surface area contributed by atoms with Gasteiger partial charge in [-0.25, -0.2) is 0 Å². The number of rotatable bonds is 4. The van der Waals surface area contributed by atoms with E-state index >= 15 is 0 Å². The van der Waals surface area contributed by atoms with Crippen LogP contribution >= 0.6 is 0 Å². The molecule has 0 aliphatic rings. The van der Waals surface area contributed by atoms with E-state index in [0.717, 1.165) is 12.3 Å². The first-order valence-corrected chi connectivity index (χ1v) is 5.99. The number of amides is 1. The predicted octanol–water partition coefficient (Wildman–Crippen LogP) is 0.813. The molecule has 17 heavy (non-hydrogen) atoms. The summed E-state index contributed by atoms with van der Waals surface area (Å²) >= 11 is 0. The lowest BCUT2D eigenvalue weighted by Gasteiger charge is -2.08. The Kier molecular flexibility index (Phi) is 4.00. The maximum Gasteiger partial charge on any atom is 0.488 e. The summed E-state index contributed by atoms with van der Waals surface area (Å²) in [6.07, 6.45) is 2.21. The molecule has 1 amide bonds. The molecular weight excluding hydrogens is 251 g/mol. The molecule has 0 saturated heterocycles. The molecule has 1 N–H and O–H groups in total. The van der Waals surface area contributed by atoms with Gasteiger partial charge in [0.1, 0.15) is 0 Å². The summed E-state index contributed by atoms with van der Waals surface area (Å²) in [5.41, 5.74) is 0.0832. The first kappa shape index (κ1) is 13.4. The molecule has 0 spiro atoms. The van der Waals surface area contributed by atoms with Gasteiger partial charge in [-0.2, -0.15) is 8.42 Å². The van der Waals surface area contributed by atoms with E-state index in [0.29, 0.717) is 0 Å². The van der Waals surface area contributed by atoms with Crippen molar-refractivity contribution in [2.24, 2.45) is 0 Å². The Morgan fingerprint density at radius 2 is 2.12 bits per heavy atom. The largest absolute Gasteiger partial charge is 0.488 e. The zero-order chi connectivity index (χ0) is 13.1. The molecule has 94 valence electrons. The smallest absolute Gasteiger partial charge is 0.357 e. The summed E-state index contributed by atoms with van der Waals surface area (Å²) < 4.78 is 36.7. The van der Waals surface area contributed by atoms with Gasteiger partial charge in [-0.15, -0.1) is 0 Å². The summed E-state index contributed by atoms with van der Waals surface area (Å²) in [5.74, 6) is -0.807. The van der Waals surface area contributed by atoms with Crippen molar-refractivity contribution in [1.82, 2.24) is 10.3 Å². The Morgan fingerprint density at radius 1 is 1.47 bits per heavy atom. The normalized spacial score (nSPS) is 11.3. The molecule has 6 nitrogen and oxygen atoms in total. The summed E-state index contributed by atoms with van der Waals surface area (Å²) in [4.78, 5) is 15.1. The number of nitrogens with zero attached hydrogens (tertiary/aromatic N) is 1. The van der Waals surface area contributed by atoms with E-state index in [-0.39, 0.29) is 17.4 Å². The Morgan fingerprint density at radius 3 is 2.65 bits per heavy atom. The molecule has 8 heteroatoms. The van der Waals surface area contributed by atoms with Crippen LogP contribution in [0.5, 0.6) is 5.75 Å². The van der Waals surface area contributed by atoms with Crippen LogP contribution in [0.4, 0.5) is 3.89 Å². The van der Waals surface area contributed by atoms with Crippen LogP contribution in [0.25, 0.3) is 0 Å². The van der Waals surface area contributed by atoms with E-state index < -0.39 is 16.4 Å². The standard InChI is InChI=1S/C9H11FN2O4S/c1-6(2)12-9(13)7-3-8(5-11-4-7)16-17(10,14)15/h3-6H,1-2H3,(H,12,13). The van der Waals surface area contributed by atoms with E-state index in [2.05, 4.69) is 14.5 Å². The van der Waals surface area contributed by atoms with E-state index in [1.807, 2.05) is 0 Å². The van der Waals surface area contributed by atoms with Crippen molar-refractivity contribution >= 4 is 16.4 Å². The van der Waals surface area contributed by atoms with Gasteiger partial charge in [-0.1, -0.05) is 3.89 Å². The molecule has 1 heterocycles. The maximum atomic E-state index is 12.2. The SMILES string of the molecule is CC(C)NC(=O)c1cncc(OS(=O)(=O)F)c1. The highest BCUT2D eigenvalue weighted by Gasteiger charge is 2.13. The Hall–Kier alpha value is -1.70. The third-order valence-corrected chi connectivity index (χ3v) is 1.98. The highest BCUT2D eigenvalue weighted by Crippen LogP contribution is 2.14. The molecule has 0 saturated carbocycles. The quantitative estimate of drug-likeness (QED) is 0.812. The molecule has 0 fully saturated rings. The Balaban J connectivity index is 2.90. The van der Waals surface area contributed by atoms with Crippen molar-refractivity contribution in [3.8, 4) is 5.75 Å². The average Bonchev–Trinajstić information content (AvgIpc) is 2.14. The van der Waals surface area contributed by atoms with Crippen LogP contribution in [0, 0.1) is 0 Å². The molecule has 1 rings (SSSR count). The van der Waals surface area contributed by atoms with Gasteiger partial charge in [-0.3, -0.25) is 9.78 Å². The highest BCUT2D eigenvalue weighted by molar-refractivity contribution is 7.81. The van der Waals surface area contributed by atoms with Crippen LogP contribution in [0.2, 0.25) is 0 Å². The van der Waals surface area contributed by atoms with Crippen molar-refractivity contribution in [2.75, 3.05) is 0 Å². The zero-order valence-corrected chi connectivity index (χ0v) is 9.99. The van der Waals surface area contributed by atoms with Crippen molar-refractivity contribution in [2.45, 2.75) is 19.9 Å². The minimum atomic E-state index is -5.11. The molecule has 0 radical (unpaired) electrons. The second-order valence-electron chi connectivity index (χ2n) is 3.51. The fraction of sp³-hybridized carbons (Fsp3) is 0.333. The van der Waals surface area contributed by atoms with Gasteiger partial charge in [0.25, 0.3) is 5.91 Å². The molecule has 0 aliphatic carbocycles. The molecule has 1 aromatic heterocycles. The number of hydrogen-bond acceptors (Lipinski definition) is 5. The summed E-state index contributed by atoms with van der Waals surface area (Å²) in [6.45, 7) is 3.52. The van der Waals surface area contributed by atoms with Crippen LogP contribution < -0.4 is 9.50 Å². The van der Waals surface area contributed by atoms with Gasteiger partial charge in [0.05, 0.1) is 11.8 Å². The first-order valence-electron chi connectivity index (χ1n) is 4.68. The van der Waals surface area contributed by atoms with E-state index in [1.54, 1.807) is 13.8 Å². The van der Waals surface area contributed by atoms with Crippen LogP contribution in [0.3, 0.4) is 0 Å². The van der Waals surface area contributed by atoms with E-state index in [9.17, 15) is 17.1 Å². The lowest BCUT2D eigenvalue weighted by Crippen LogP contribution is -2.30. The van der Waals surface area contributed by atoms with Gasteiger partial charge in [0, 0.05) is 12.2 Å². The van der Waals surface area contributed by atoms with E-state index in [4.69, 9.17) is 0 Å². The monoisotopic (exact) mass is 262 g/mol. The zero-order valence-electron chi connectivity index (χ0n) is 9.18. The topological polar surface area (TPSA) is 85.4 Å². The van der Waals surface area contributed by atoms with Crippen LogP contribution in [0.15, 0.2) is 18.5 Å². The van der Waals surface area contributed by atoms with Gasteiger partial charge in [0.15, 0.2) is 5.75 Å². The molecule has 0 aromatic carbocycles. The van der Waals surface area contributed by atoms with Gasteiger partial charge in [0.2, 0.25) is 0 Å². The number of hydrogen-bond donors (Lipinski definition) is 1. The van der Waals surface area contributed by atoms with Crippen LogP contribution in [-0.4, -0.2) is 25.4 Å². The highest BCUT2D eigenvalue weighted by atomic mass is 32.3. The number of aromatic nitrogens is 1. The summed E-state index contributed by atoms with van der Waals surface area (Å²) in [6, 6.07) is 0.999. The van der Waals surface area contributed by atoms with Crippen molar-refractivity contribution < 1.29 is 21.3 Å². The molecule has 0 atom stereocenters. The second kappa shape index (κ2) is 5.09. The Bertz CT molecular complexity index is 515. The second-order valence-corrected chi connectivity index (χ2v) is 4.47. The van der Waals surface area contributed by atoms with Crippen LogP contribution in [0.1, 0.15) is 24.2 Å². The van der Waals surface area contributed by atoms with Gasteiger partial charge >= 0.3 is 10.5 Å². The molecule has 0 aliphatic heterocycles. The summed E-state index contributed by atoms with van der Waals surface area (Å²) in [5, 5.41) is 2.57. The number of carbonyl (C=O) groups is 1. The molecular formula is C9H11FN2O4S. The maximum absolute atomic E-state index is 12.2. The Labute approximate surface area is 98.2 Å². The van der Waals surface area contributed by atoms with Crippen molar-refractivity contribution in [3.05, 3.63) is 24.0 Å². The molecule has 0 bridgehead atoms. The van der Waals surface area contributed by atoms with Gasteiger partial charge < -0.3 is 9.50 Å². The lowest BCUT2D eigenvalue weighted by atomic mass is 10.2. The van der Waals surface area contributed by atoms with E-state index in [1.165, 1.54) is 6.20 Å². The van der Waals surface area contributed by atoms with Gasteiger partial charge in [-0.05, 0) is 19.9 Å². The predicted molar refractivity (Wildman–Crippen MR) is 57.5 cm³/mol. The average molecular weight is 262 g/mol. The lowest BCUT2D eigenvalue weighted by molar-refractivity contribution is 0.0942. The molecule has 0 unspecified atom stereocenters. The van der Waals surface area contributed by atoms with Crippen LogP contribution in [-0.2, 0) is 10.5 Å². The first-order chi connectivity index (χ1) is 7.78. The minimum absolute atomic E-state index is 0.0832. The number of halogens is 1. The van der Waals surface area contributed by atoms with Crippen molar-refractivity contribution in [3.63, 3.8) is 0 Å².